The number of amides is 2. The number of hydrogen-bond donors (Lipinski definition) is 4. The molecule has 11 nitrogen and oxygen atoms in total. The van der Waals surface area contributed by atoms with Crippen LogP contribution >= 0.6 is 11.6 Å². The average molecular weight is 608 g/mol. The second-order valence-corrected chi connectivity index (χ2v) is 10.9. The maximum atomic E-state index is 13.5. The van der Waals surface area contributed by atoms with Crippen molar-refractivity contribution in [1.29, 1.82) is 0 Å². The monoisotopic (exact) mass is 607 g/mol. The van der Waals surface area contributed by atoms with Crippen LogP contribution in [0.3, 0.4) is 0 Å². The molecule has 0 aromatic heterocycles. The largest absolute Gasteiger partial charge is 0.439 e. The minimum Gasteiger partial charge on any atom is -0.439 e. The second kappa shape index (κ2) is 16.4. The molecule has 0 fully saturated rings. The van der Waals surface area contributed by atoms with Crippen molar-refractivity contribution in [1.82, 2.24) is 10.6 Å². The fourth-order valence-corrected chi connectivity index (χ4v) is 5.05. The average Bonchev–Trinajstić information content (AvgIpc) is 2.94. The van der Waals surface area contributed by atoms with Crippen LogP contribution in [0.4, 0.5) is 4.79 Å². The number of Topliss-reactive ketones (excluding diaryl/α,β-unsaturated/α-hetero) is 1. The molecule has 6 unspecified atom stereocenters. The Morgan fingerprint density at radius 3 is 2.48 bits per heavy atom. The highest BCUT2D eigenvalue weighted by Crippen LogP contribution is 2.28. The fourth-order valence-electron chi connectivity index (χ4n) is 4.95. The zero-order valence-corrected chi connectivity index (χ0v) is 25.7. The number of nitrogens with one attached hydrogen (secondary N) is 2. The molecule has 12 heteroatoms. The maximum Gasteiger partial charge on any atom is 0.405 e. The van der Waals surface area contributed by atoms with Crippen LogP contribution in [0.1, 0.15) is 40.5 Å². The van der Waals surface area contributed by atoms with Crippen LogP contribution in [-0.2, 0) is 28.6 Å². The first-order valence-corrected chi connectivity index (χ1v) is 14.3. The molecule has 5 N–H and O–H groups in total. The molecule has 1 aliphatic heterocycles. The Hall–Kier alpha value is -3.25. The van der Waals surface area contributed by atoms with Crippen molar-refractivity contribution in [3.05, 3.63) is 58.5 Å². The molecule has 0 aromatic carbocycles. The summed E-state index contributed by atoms with van der Waals surface area (Å²) in [5, 5.41) is 16.7. The van der Waals surface area contributed by atoms with Crippen LogP contribution in [0, 0.1) is 11.8 Å². The van der Waals surface area contributed by atoms with Crippen LogP contribution in [0.2, 0.25) is 0 Å². The Morgan fingerprint density at radius 2 is 1.88 bits per heavy atom. The van der Waals surface area contributed by atoms with Gasteiger partial charge in [0.05, 0.1) is 23.6 Å². The number of methoxy groups -OCH3 is 2. The van der Waals surface area contributed by atoms with Gasteiger partial charge in [-0.1, -0.05) is 38.2 Å². The van der Waals surface area contributed by atoms with Gasteiger partial charge in [0.25, 0.3) is 5.91 Å². The van der Waals surface area contributed by atoms with E-state index in [1.807, 2.05) is 6.92 Å². The normalized spacial score (nSPS) is 28.5. The minimum absolute atomic E-state index is 0.138. The second-order valence-electron chi connectivity index (χ2n) is 10.5. The molecule has 2 rings (SSSR count). The number of fused-ring (bicyclic) bond motifs is 2. The highest BCUT2D eigenvalue weighted by Gasteiger charge is 2.33. The van der Waals surface area contributed by atoms with E-state index in [0.29, 0.717) is 12.0 Å². The number of hydrogen-bond acceptors (Lipinski definition) is 9. The molecule has 0 saturated carbocycles. The first-order chi connectivity index (χ1) is 19.8. The van der Waals surface area contributed by atoms with Crippen LogP contribution in [0.5, 0.6) is 0 Å². The quantitative estimate of drug-likeness (QED) is 0.202. The summed E-state index contributed by atoms with van der Waals surface area (Å²) >= 11 is 5.82. The zero-order chi connectivity index (χ0) is 31.6. The number of aliphatic hydroxyl groups excluding tert-OH is 1. The number of alkyl halides is 1. The van der Waals surface area contributed by atoms with Gasteiger partial charge in [-0.05, 0) is 38.2 Å². The first kappa shape index (κ1) is 34.9. The van der Waals surface area contributed by atoms with E-state index in [0.717, 1.165) is 6.08 Å². The SMILES string of the molecule is COC1C=CC=C(C)C(=O)NC2=CC(=O)C(NCCCl)=C(CC(C)CC(OC)C(O)C(C)C=C(C)C1OC(N)=O)C2=O. The number of carbonyl (C=O) groups excluding carboxylic acids is 4. The van der Waals surface area contributed by atoms with E-state index in [-0.39, 0.29) is 47.3 Å². The number of ether oxygens (including phenoxy) is 3. The predicted molar refractivity (Wildman–Crippen MR) is 158 cm³/mol. The molecule has 1 heterocycles. The number of primary amides is 1. The van der Waals surface area contributed by atoms with E-state index in [4.69, 9.17) is 31.5 Å². The van der Waals surface area contributed by atoms with Crippen LogP contribution in [0.15, 0.2) is 58.5 Å². The summed E-state index contributed by atoms with van der Waals surface area (Å²) in [6.07, 6.45) is 3.71. The Labute approximate surface area is 251 Å². The van der Waals surface area contributed by atoms with Crippen molar-refractivity contribution >= 4 is 35.2 Å². The molecular formula is C30H42ClN3O8. The minimum atomic E-state index is -1.00. The topological polar surface area (TPSA) is 166 Å². The van der Waals surface area contributed by atoms with Gasteiger partial charge in [-0.3, -0.25) is 14.4 Å². The van der Waals surface area contributed by atoms with Gasteiger partial charge in [-0.15, -0.1) is 11.6 Å². The molecule has 2 aliphatic rings. The van der Waals surface area contributed by atoms with E-state index >= 15 is 0 Å². The molecule has 0 radical (unpaired) electrons. The van der Waals surface area contributed by atoms with E-state index in [9.17, 15) is 24.3 Å². The van der Waals surface area contributed by atoms with Gasteiger partial charge in [0, 0.05) is 49.8 Å². The molecule has 0 aromatic rings. The lowest BCUT2D eigenvalue weighted by Crippen LogP contribution is -2.38. The summed E-state index contributed by atoms with van der Waals surface area (Å²) in [4.78, 5) is 51.3. The molecule has 42 heavy (non-hydrogen) atoms. The molecule has 0 spiro atoms. The van der Waals surface area contributed by atoms with Gasteiger partial charge < -0.3 is 35.7 Å². The highest BCUT2D eigenvalue weighted by molar-refractivity contribution is 6.23. The van der Waals surface area contributed by atoms with E-state index in [1.165, 1.54) is 20.3 Å². The summed E-state index contributed by atoms with van der Waals surface area (Å²) in [7, 11) is 2.91. The summed E-state index contributed by atoms with van der Waals surface area (Å²) < 4.78 is 16.5. The third-order valence-electron chi connectivity index (χ3n) is 7.19. The lowest BCUT2D eigenvalue weighted by atomic mass is 9.85. The Kier molecular flexibility index (Phi) is 13.6. The summed E-state index contributed by atoms with van der Waals surface area (Å²) in [5.74, 6) is -1.96. The molecular weight excluding hydrogens is 566 g/mol. The third kappa shape index (κ3) is 9.38. The van der Waals surface area contributed by atoms with E-state index < -0.39 is 53.9 Å². The number of aliphatic hydroxyl groups is 1. The predicted octanol–water partition coefficient (Wildman–Crippen LogP) is 2.59. The van der Waals surface area contributed by atoms with Crippen molar-refractivity contribution in [3.8, 4) is 0 Å². The van der Waals surface area contributed by atoms with E-state index in [2.05, 4.69) is 10.6 Å². The smallest absolute Gasteiger partial charge is 0.405 e. The Morgan fingerprint density at radius 1 is 1.19 bits per heavy atom. The molecule has 6 atom stereocenters. The maximum absolute atomic E-state index is 13.5. The number of halogens is 1. The Balaban J connectivity index is 2.61. The molecule has 0 saturated heterocycles. The van der Waals surface area contributed by atoms with Gasteiger partial charge in [-0.25, -0.2) is 4.79 Å². The van der Waals surface area contributed by atoms with E-state index in [1.54, 1.807) is 39.0 Å². The lowest BCUT2D eigenvalue weighted by Gasteiger charge is -2.30. The van der Waals surface area contributed by atoms with Crippen molar-refractivity contribution in [3.63, 3.8) is 0 Å². The lowest BCUT2D eigenvalue weighted by molar-refractivity contribution is -0.120. The standard InChI is InChI=1S/C30H42ClN3O8/c1-16-12-20-25(33-11-10-31)22(35)15-21(27(20)37)34-29(38)17(2)8-7-9-23(40-5)28(42-30(32)39)19(4)14-18(3)26(36)24(13-16)41-6/h7-9,14-16,18,23-24,26,28,33,36H,10-13H2,1-6H3,(H2,32,39)(H,34,38). The van der Waals surface area contributed by atoms with Crippen molar-refractivity contribution < 1.29 is 38.5 Å². The number of carbonyl (C=O) groups is 4. The Bertz CT molecular complexity index is 1190. The molecule has 232 valence electrons. The van der Waals surface area contributed by atoms with Crippen molar-refractivity contribution in [2.24, 2.45) is 17.6 Å². The van der Waals surface area contributed by atoms with Crippen LogP contribution in [-0.4, -0.2) is 79.7 Å². The number of allylic oxidation sites excluding steroid dienone is 4. The summed E-state index contributed by atoms with van der Waals surface area (Å²) in [6, 6.07) is 0. The number of ketones is 2. The fraction of sp³-hybridized carbons (Fsp3) is 0.533. The first-order valence-electron chi connectivity index (χ1n) is 13.7. The van der Waals surface area contributed by atoms with Gasteiger partial charge in [0.1, 0.15) is 6.10 Å². The molecule has 2 amide bonds. The van der Waals surface area contributed by atoms with Crippen LogP contribution < -0.4 is 16.4 Å². The van der Waals surface area contributed by atoms with Gasteiger partial charge >= 0.3 is 6.09 Å². The van der Waals surface area contributed by atoms with Gasteiger partial charge in [0.15, 0.2) is 6.10 Å². The number of rotatable bonds is 6. The van der Waals surface area contributed by atoms with Crippen molar-refractivity contribution in [2.45, 2.75) is 65.0 Å². The van der Waals surface area contributed by atoms with Crippen LogP contribution in [0.25, 0.3) is 0 Å². The molecule has 2 bridgehead atoms. The van der Waals surface area contributed by atoms with Gasteiger partial charge in [0.2, 0.25) is 11.6 Å². The van der Waals surface area contributed by atoms with Gasteiger partial charge in [-0.2, -0.15) is 0 Å². The molecule has 1 aliphatic carbocycles. The number of nitrogens with two attached hydrogens (primary N) is 1. The van der Waals surface area contributed by atoms with Crippen molar-refractivity contribution in [2.75, 3.05) is 26.6 Å². The summed E-state index contributed by atoms with van der Waals surface area (Å²) in [5.41, 5.74) is 6.38. The third-order valence-corrected chi connectivity index (χ3v) is 7.38. The summed E-state index contributed by atoms with van der Waals surface area (Å²) in [6.45, 7) is 7.22. The highest BCUT2D eigenvalue weighted by atomic mass is 35.5. The zero-order valence-electron chi connectivity index (χ0n) is 24.9.